The van der Waals surface area contributed by atoms with Crippen LogP contribution in [-0.4, -0.2) is 48.1 Å². The van der Waals surface area contributed by atoms with Gasteiger partial charge in [0.15, 0.2) is 5.82 Å². The van der Waals surface area contributed by atoms with Crippen molar-refractivity contribution in [3.63, 3.8) is 0 Å². The highest BCUT2D eigenvalue weighted by molar-refractivity contribution is 5.79. The lowest BCUT2D eigenvalue weighted by molar-refractivity contribution is -0.126. The van der Waals surface area contributed by atoms with Gasteiger partial charge in [-0.3, -0.25) is 4.79 Å². The molecule has 2 aliphatic heterocycles. The van der Waals surface area contributed by atoms with E-state index in [1.807, 2.05) is 18.2 Å². The van der Waals surface area contributed by atoms with Gasteiger partial charge in [-0.15, -0.1) is 0 Å². The van der Waals surface area contributed by atoms with E-state index in [-0.39, 0.29) is 11.8 Å². The normalized spacial score (nSPS) is 20.2. The second-order valence-corrected chi connectivity index (χ2v) is 8.81. The van der Waals surface area contributed by atoms with Gasteiger partial charge in [0.25, 0.3) is 0 Å². The molecule has 0 atom stereocenters. The van der Waals surface area contributed by atoms with Crippen molar-refractivity contribution in [2.75, 3.05) is 31.1 Å². The summed E-state index contributed by atoms with van der Waals surface area (Å²) < 4.78 is 0. The summed E-state index contributed by atoms with van der Waals surface area (Å²) >= 11 is 0. The highest BCUT2D eigenvalue weighted by Gasteiger charge is 2.30. The molecule has 2 aromatic rings. The van der Waals surface area contributed by atoms with E-state index in [0.29, 0.717) is 6.04 Å². The molecule has 3 heterocycles. The summed E-state index contributed by atoms with van der Waals surface area (Å²) in [7, 11) is 0. The van der Waals surface area contributed by atoms with Crippen molar-refractivity contribution in [1.29, 1.82) is 0 Å². The Hall–Kier alpha value is -2.47. The predicted octanol–water partition coefficient (Wildman–Crippen LogP) is 2.72. The molecular weight excluding hydrogens is 374 g/mol. The minimum atomic E-state index is 0.125. The molecule has 2 N–H and O–H groups in total. The van der Waals surface area contributed by atoms with Crippen LogP contribution in [0, 0.1) is 5.92 Å². The fourth-order valence-corrected chi connectivity index (χ4v) is 5.03. The second kappa shape index (κ2) is 8.72. The van der Waals surface area contributed by atoms with Gasteiger partial charge in [-0.1, -0.05) is 30.3 Å². The lowest BCUT2D eigenvalue weighted by atomic mass is 9.94. The van der Waals surface area contributed by atoms with Gasteiger partial charge in [0.05, 0.1) is 0 Å². The first-order valence-electron chi connectivity index (χ1n) is 11.5. The first-order chi connectivity index (χ1) is 14.8. The van der Waals surface area contributed by atoms with Crippen LogP contribution in [0.4, 0.5) is 5.82 Å². The van der Waals surface area contributed by atoms with Crippen LogP contribution in [-0.2, 0) is 17.6 Å². The van der Waals surface area contributed by atoms with Gasteiger partial charge in [0.1, 0.15) is 5.82 Å². The highest BCUT2D eigenvalue weighted by atomic mass is 16.1. The molecule has 0 radical (unpaired) electrons. The van der Waals surface area contributed by atoms with E-state index in [2.05, 4.69) is 27.7 Å². The number of aryl methyl sites for hydroxylation is 1. The molecule has 30 heavy (non-hydrogen) atoms. The lowest BCUT2D eigenvalue weighted by Gasteiger charge is -2.34. The Morgan fingerprint density at radius 1 is 1.00 bits per heavy atom. The minimum absolute atomic E-state index is 0.125. The number of carbonyl (C=O) groups is 1. The predicted molar refractivity (Wildman–Crippen MR) is 118 cm³/mol. The molecule has 0 bridgehead atoms. The highest BCUT2D eigenvalue weighted by Crippen LogP contribution is 2.33. The number of fused-ring (bicyclic) bond motifs is 1. The zero-order valence-electron chi connectivity index (χ0n) is 17.6. The van der Waals surface area contributed by atoms with Crippen LogP contribution in [0.15, 0.2) is 30.3 Å². The fraction of sp³-hybridized carbons (Fsp3) is 0.542. The lowest BCUT2D eigenvalue weighted by Crippen LogP contribution is -2.47. The van der Waals surface area contributed by atoms with E-state index in [0.717, 1.165) is 88.3 Å². The van der Waals surface area contributed by atoms with E-state index in [9.17, 15) is 4.79 Å². The van der Waals surface area contributed by atoms with Crippen LogP contribution in [0.25, 0.3) is 11.4 Å². The first kappa shape index (κ1) is 19.5. The number of amides is 1. The van der Waals surface area contributed by atoms with Gasteiger partial charge >= 0.3 is 0 Å². The SMILES string of the molecule is O=C(NC1CCNCC1)C1CCN(c2nc(-c3ccccc3)nc3c2CCC3)CC1. The third kappa shape index (κ3) is 4.06. The maximum atomic E-state index is 12.8. The molecule has 6 heteroatoms. The number of nitrogens with one attached hydrogen (secondary N) is 2. The molecule has 2 saturated heterocycles. The van der Waals surface area contributed by atoms with Gasteiger partial charge in [-0.05, 0) is 58.0 Å². The molecule has 1 aliphatic carbocycles. The van der Waals surface area contributed by atoms with Crippen molar-refractivity contribution >= 4 is 11.7 Å². The Balaban J connectivity index is 1.29. The van der Waals surface area contributed by atoms with Gasteiger partial charge < -0.3 is 15.5 Å². The number of benzene rings is 1. The Morgan fingerprint density at radius 3 is 2.53 bits per heavy atom. The minimum Gasteiger partial charge on any atom is -0.356 e. The summed E-state index contributed by atoms with van der Waals surface area (Å²) in [5.74, 6) is 2.31. The monoisotopic (exact) mass is 405 g/mol. The fourth-order valence-electron chi connectivity index (χ4n) is 5.03. The number of hydrogen-bond donors (Lipinski definition) is 2. The van der Waals surface area contributed by atoms with Crippen LogP contribution < -0.4 is 15.5 Å². The number of aromatic nitrogens is 2. The largest absolute Gasteiger partial charge is 0.356 e. The number of piperidine rings is 2. The van der Waals surface area contributed by atoms with Gasteiger partial charge in [-0.2, -0.15) is 0 Å². The van der Waals surface area contributed by atoms with Crippen molar-refractivity contribution in [3.8, 4) is 11.4 Å². The summed E-state index contributed by atoms with van der Waals surface area (Å²) in [4.78, 5) is 25.0. The van der Waals surface area contributed by atoms with Crippen molar-refractivity contribution in [2.24, 2.45) is 5.92 Å². The molecule has 3 aliphatic rings. The Labute approximate surface area is 178 Å². The van der Waals surface area contributed by atoms with Crippen LogP contribution in [0.3, 0.4) is 0 Å². The molecule has 0 saturated carbocycles. The first-order valence-corrected chi connectivity index (χ1v) is 11.5. The maximum Gasteiger partial charge on any atom is 0.223 e. The number of carbonyl (C=O) groups excluding carboxylic acids is 1. The molecule has 2 fully saturated rings. The van der Waals surface area contributed by atoms with E-state index in [4.69, 9.17) is 9.97 Å². The van der Waals surface area contributed by atoms with Crippen molar-refractivity contribution in [2.45, 2.75) is 51.0 Å². The summed E-state index contributed by atoms with van der Waals surface area (Å²) in [6.07, 6.45) is 7.15. The van der Waals surface area contributed by atoms with E-state index >= 15 is 0 Å². The average molecular weight is 406 g/mol. The molecule has 1 aromatic heterocycles. The molecule has 6 nitrogen and oxygen atoms in total. The third-order valence-electron chi connectivity index (χ3n) is 6.79. The van der Waals surface area contributed by atoms with Crippen LogP contribution in [0.1, 0.15) is 43.4 Å². The zero-order chi connectivity index (χ0) is 20.3. The molecule has 5 rings (SSSR count). The summed E-state index contributed by atoms with van der Waals surface area (Å²) in [5, 5.41) is 6.65. The topological polar surface area (TPSA) is 70.2 Å². The maximum absolute atomic E-state index is 12.8. The summed E-state index contributed by atoms with van der Waals surface area (Å²) in [5.41, 5.74) is 3.61. The standard InChI is InChI=1S/C24H31N5O/c30-24(26-19-9-13-25-14-10-19)18-11-15-29(16-12-18)23-20-7-4-8-21(20)27-22(28-23)17-5-2-1-3-6-17/h1-3,5-6,18-19,25H,4,7-16H2,(H,26,30). The zero-order valence-corrected chi connectivity index (χ0v) is 17.6. The van der Waals surface area contributed by atoms with E-state index in [1.54, 1.807) is 0 Å². The number of rotatable bonds is 4. The van der Waals surface area contributed by atoms with Crippen LogP contribution in [0.5, 0.6) is 0 Å². The Morgan fingerprint density at radius 2 is 1.77 bits per heavy atom. The van der Waals surface area contributed by atoms with Crippen LogP contribution >= 0.6 is 0 Å². The second-order valence-electron chi connectivity index (χ2n) is 8.81. The molecule has 158 valence electrons. The van der Waals surface area contributed by atoms with Gasteiger partial charge in [0, 0.05) is 41.9 Å². The molecular formula is C24H31N5O. The third-order valence-corrected chi connectivity index (χ3v) is 6.79. The molecule has 1 amide bonds. The smallest absolute Gasteiger partial charge is 0.223 e. The Kier molecular flexibility index (Phi) is 5.67. The molecule has 0 unspecified atom stereocenters. The van der Waals surface area contributed by atoms with E-state index < -0.39 is 0 Å². The van der Waals surface area contributed by atoms with Crippen molar-refractivity contribution < 1.29 is 4.79 Å². The van der Waals surface area contributed by atoms with E-state index in [1.165, 1.54) is 11.3 Å². The summed E-state index contributed by atoms with van der Waals surface area (Å²) in [6.45, 7) is 3.79. The molecule has 1 aromatic carbocycles. The Bertz CT molecular complexity index is 886. The number of nitrogens with zero attached hydrogens (tertiary/aromatic N) is 3. The van der Waals surface area contributed by atoms with Crippen LogP contribution in [0.2, 0.25) is 0 Å². The molecule has 0 spiro atoms. The van der Waals surface area contributed by atoms with Gasteiger partial charge in [0.2, 0.25) is 5.91 Å². The van der Waals surface area contributed by atoms with Crippen molar-refractivity contribution in [1.82, 2.24) is 20.6 Å². The number of hydrogen-bond acceptors (Lipinski definition) is 5. The van der Waals surface area contributed by atoms with Crippen molar-refractivity contribution in [3.05, 3.63) is 41.6 Å². The quantitative estimate of drug-likeness (QED) is 0.819. The average Bonchev–Trinajstić information content (AvgIpc) is 3.29. The number of anilines is 1. The summed E-state index contributed by atoms with van der Waals surface area (Å²) in [6, 6.07) is 10.6. The van der Waals surface area contributed by atoms with Gasteiger partial charge in [-0.25, -0.2) is 9.97 Å².